The number of amides is 1. The van der Waals surface area contributed by atoms with Crippen molar-refractivity contribution in [2.75, 3.05) is 27.2 Å². The minimum Gasteiger partial charge on any atom is -0.480 e. The minimum atomic E-state index is -0.968. The third-order valence-corrected chi connectivity index (χ3v) is 3.01. The maximum absolute atomic E-state index is 11.9. The molecular formula is C13H16Cl2N2O3. The Hall–Kier alpha value is -1.30. The average molecular weight is 319 g/mol. The van der Waals surface area contributed by atoms with Gasteiger partial charge in [0.1, 0.15) is 0 Å². The molecule has 1 N–H and O–H groups in total. The molecule has 0 aliphatic heterocycles. The van der Waals surface area contributed by atoms with Gasteiger partial charge in [0.25, 0.3) is 0 Å². The molecule has 0 bridgehead atoms. The number of halogens is 2. The smallest absolute Gasteiger partial charge is 0.317 e. The standard InChI is InChI=1S/C13H16Cl2N2O3/c1-16(8-13(19)20)7-12(18)17(2)6-9-3-10(14)5-11(15)4-9/h3-5H,6-8H2,1-2H3,(H,19,20). The molecule has 0 saturated heterocycles. The lowest BCUT2D eigenvalue weighted by molar-refractivity contribution is -0.139. The van der Waals surface area contributed by atoms with Crippen molar-refractivity contribution in [3.8, 4) is 0 Å². The number of carboxylic acids is 1. The van der Waals surface area contributed by atoms with E-state index in [1.165, 1.54) is 9.80 Å². The van der Waals surface area contributed by atoms with Gasteiger partial charge in [-0.05, 0) is 30.8 Å². The molecule has 0 spiro atoms. The number of carbonyl (C=O) groups excluding carboxylic acids is 1. The van der Waals surface area contributed by atoms with Gasteiger partial charge in [-0.15, -0.1) is 0 Å². The lowest BCUT2D eigenvalue weighted by Crippen LogP contribution is -2.38. The molecule has 5 nitrogen and oxygen atoms in total. The highest BCUT2D eigenvalue weighted by atomic mass is 35.5. The van der Waals surface area contributed by atoms with Crippen LogP contribution < -0.4 is 0 Å². The molecule has 1 aromatic rings. The first-order chi connectivity index (χ1) is 9.27. The largest absolute Gasteiger partial charge is 0.480 e. The molecule has 0 fully saturated rings. The molecule has 0 saturated carbocycles. The van der Waals surface area contributed by atoms with Gasteiger partial charge in [-0.1, -0.05) is 23.2 Å². The van der Waals surface area contributed by atoms with Gasteiger partial charge in [-0.3, -0.25) is 14.5 Å². The number of hydrogen-bond acceptors (Lipinski definition) is 3. The fourth-order valence-electron chi connectivity index (χ4n) is 1.70. The summed E-state index contributed by atoms with van der Waals surface area (Å²) in [7, 11) is 3.22. The number of aliphatic carboxylic acids is 1. The second-order valence-corrected chi connectivity index (χ2v) is 5.47. The molecular weight excluding hydrogens is 303 g/mol. The van der Waals surface area contributed by atoms with E-state index in [0.717, 1.165) is 5.56 Å². The van der Waals surface area contributed by atoms with Crippen molar-refractivity contribution in [3.05, 3.63) is 33.8 Å². The van der Waals surface area contributed by atoms with E-state index in [1.807, 2.05) is 0 Å². The Morgan fingerprint density at radius 1 is 1.10 bits per heavy atom. The van der Waals surface area contributed by atoms with Crippen LogP contribution in [0.2, 0.25) is 10.0 Å². The Labute approximate surface area is 127 Å². The van der Waals surface area contributed by atoms with Crippen LogP contribution in [0.1, 0.15) is 5.56 Å². The molecule has 0 unspecified atom stereocenters. The number of nitrogens with zero attached hydrogens (tertiary/aromatic N) is 2. The van der Waals surface area contributed by atoms with Crippen LogP contribution in [0.4, 0.5) is 0 Å². The molecule has 0 aliphatic carbocycles. The molecule has 0 radical (unpaired) electrons. The fourth-order valence-corrected chi connectivity index (χ4v) is 2.27. The number of likely N-dealkylation sites (N-methyl/N-ethyl adjacent to an activating group) is 2. The first kappa shape index (κ1) is 16.8. The van der Waals surface area contributed by atoms with Crippen LogP contribution in [0.25, 0.3) is 0 Å². The molecule has 7 heteroatoms. The number of hydrogen-bond donors (Lipinski definition) is 1. The third kappa shape index (κ3) is 5.77. The average Bonchev–Trinajstić information content (AvgIpc) is 2.25. The zero-order chi connectivity index (χ0) is 15.3. The van der Waals surface area contributed by atoms with Crippen molar-refractivity contribution in [2.24, 2.45) is 0 Å². The van der Waals surface area contributed by atoms with Gasteiger partial charge in [-0.2, -0.15) is 0 Å². The third-order valence-electron chi connectivity index (χ3n) is 2.58. The highest BCUT2D eigenvalue weighted by Crippen LogP contribution is 2.19. The SMILES string of the molecule is CN(CC(=O)O)CC(=O)N(C)Cc1cc(Cl)cc(Cl)c1. The highest BCUT2D eigenvalue weighted by molar-refractivity contribution is 6.34. The fraction of sp³-hybridized carbons (Fsp3) is 0.385. The number of benzene rings is 1. The molecule has 1 aromatic carbocycles. The van der Waals surface area contributed by atoms with E-state index in [1.54, 1.807) is 32.3 Å². The molecule has 0 heterocycles. The Morgan fingerprint density at radius 2 is 1.65 bits per heavy atom. The summed E-state index contributed by atoms with van der Waals surface area (Å²) in [6.45, 7) is 0.222. The van der Waals surface area contributed by atoms with E-state index in [2.05, 4.69) is 0 Å². The highest BCUT2D eigenvalue weighted by Gasteiger charge is 2.14. The van der Waals surface area contributed by atoms with Crippen molar-refractivity contribution < 1.29 is 14.7 Å². The van der Waals surface area contributed by atoms with Gasteiger partial charge in [0, 0.05) is 23.6 Å². The molecule has 1 rings (SSSR count). The summed E-state index contributed by atoms with van der Waals surface area (Å²) in [5.74, 6) is -1.14. The number of carboxylic acid groups (broad SMARTS) is 1. The van der Waals surface area contributed by atoms with Crippen molar-refractivity contribution in [1.29, 1.82) is 0 Å². The lowest BCUT2D eigenvalue weighted by Gasteiger charge is -2.21. The van der Waals surface area contributed by atoms with Crippen molar-refractivity contribution >= 4 is 35.1 Å². The van der Waals surface area contributed by atoms with Crippen LogP contribution >= 0.6 is 23.2 Å². The maximum atomic E-state index is 11.9. The second-order valence-electron chi connectivity index (χ2n) is 4.59. The summed E-state index contributed by atoms with van der Waals surface area (Å²) in [5.41, 5.74) is 0.819. The molecule has 110 valence electrons. The van der Waals surface area contributed by atoms with E-state index < -0.39 is 5.97 Å². The van der Waals surface area contributed by atoms with Gasteiger partial charge in [0.05, 0.1) is 13.1 Å². The van der Waals surface area contributed by atoms with Crippen molar-refractivity contribution in [3.63, 3.8) is 0 Å². The molecule has 20 heavy (non-hydrogen) atoms. The summed E-state index contributed by atoms with van der Waals surface area (Å²) in [6, 6.07) is 5.09. The van der Waals surface area contributed by atoms with Gasteiger partial charge in [0.15, 0.2) is 0 Å². The van der Waals surface area contributed by atoms with Gasteiger partial charge < -0.3 is 10.0 Å². The number of rotatable bonds is 6. The summed E-state index contributed by atoms with van der Waals surface area (Å²) in [6.07, 6.45) is 0. The van der Waals surface area contributed by atoms with Crippen LogP contribution in [0, 0.1) is 0 Å². The Kier molecular flexibility index (Phi) is 6.26. The van der Waals surface area contributed by atoms with E-state index in [-0.39, 0.29) is 19.0 Å². The van der Waals surface area contributed by atoms with Gasteiger partial charge in [0.2, 0.25) is 5.91 Å². The van der Waals surface area contributed by atoms with Gasteiger partial charge >= 0.3 is 5.97 Å². The quantitative estimate of drug-likeness (QED) is 0.871. The predicted octanol–water partition coefficient (Wildman–Crippen LogP) is 1.97. The van der Waals surface area contributed by atoms with Crippen LogP contribution in [-0.4, -0.2) is 54.0 Å². The normalized spacial score (nSPS) is 10.7. The van der Waals surface area contributed by atoms with Crippen molar-refractivity contribution in [2.45, 2.75) is 6.54 Å². The lowest BCUT2D eigenvalue weighted by atomic mass is 10.2. The minimum absolute atomic E-state index is 0.0388. The van der Waals surface area contributed by atoms with Crippen LogP contribution in [0.3, 0.4) is 0 Å². The first-order valence-electron chi connectivity index (χ1n) is 5.87. The van der Waals surface area contributed by atoms with E-state index in [0.29, 0.717) is 16.6 Å². The van der Waals surface area contributed by atoms with Crippen LogP contribution in [0.5, 0.6) is 0 Å². The monoisotopic (exact) mass is 318 g/mol. The Morgan fingerprint density at radius 3 is 2.15 bits per heavy atom. The summed E-state index contributed by atoms with van der Waals surface area (Å²) in [5, 5.41) is 9.66. The molecule has 0 atom stereocenters. The Balaban J connectivity index is 2.59. The molecule has 1 amide bonds. The van der Waals surface area contributed by atoms with E-state index in [4.69, 9.17) is 28.3 Å². The zero-order valence-electron chi connectivity index (χ0n) is 11.3. The topological polar surface area (TPSA) is 60.9 Å². The Bertz CT molecular complexity index is 488. The number of carbonyl (C=O) groups is 2. The molecule has 0 aliphatic rings. The van der Waals surface area contributed by atoms with Gasteiger partial charge in [-0.25, -0.2) is 0 Å². The summed E-state index contributed by atoms with van der Waals surface area (Å²) >= 11 is 11.8. The van der Waals surface area contributed by atoms with E-state index in [9.17, 15) is 9.59 Å². The second kappa shape index (κ2) is 7.47. The predicted molar refractivity (Wildman–Crippen MR) is 78.1 cm³/mol. The molecule has 0 aromatic heterocycles. The van der Waals surface area contributed by atoms with Crippen LogP contribution in [0.15, 0.2) is 18.2 Å². The van der Waals surface area contributed by atoms with Crippen molar-refractivity contribution in [1.82, 2.24) is 9.80 Å². The van der Waals surface area contributed by atoms with Crippen LogP contribution in [-0.2, 0) is 16.1 Å². The summed E-state index contributed by atoms with van der Waals surface area (Å²) in [4.78, 5) is 25.4. The zero-order valence-corrected chi connectivity index (χ0v) is 12.8. The van der Waals surface area contributed by atoms with E-state index >= 15 is 0 Å². The first-order valence-corrected chi connectivity index (χ1v) is 6.63. The summed E-state index contributed by atoms with van der Waals surface area (Å²) < 4.78 is 0. The maximum Gasteiger partial charge on any atom is 0.317 e.